The lowest BCUT2D eigenvalue weighted by atomic mass is 9.99. The predicted molar refractivity (Wildman–Crippen MR) is 47.1 cm³/mol. The molecule has 1 aliphatic rings. The summed E-state index contributed by atoms with van der Waals surface area (Å²) in [6.07, 6.45) is 6.43. The monoisotopic (exact) mass is 182 g/mol. The highest BCUT2D eigenvalue weighted by atomic mass is 16.3. The molecule has 2 unspecified atom stereocenters. The summed E-state index contributed by atoms with van der Waals surface area (Å²) in [6.45, 7) is 0.192. The van der Waals surface area contributed by atoms with Crippen LogP contribution in [0, 0.1) is 0 Å². The van der Waals surface area contributed by atoms with Crippen molar-refractivity contribution in [2.24, 2.45) is 0 Å². The van der Waals surface area contributed by atoms with Crippen LogP contribution in [0.5, 0.6) is 0 Å². The number of aliphatic hydroxyl groups excluding tert-OH is 1. The van der Waals surface area contributed by atoms with Gasteiger partial charge in [-0.05, 0) is 19.3 Å². The van der Waals surface area contributed by atoms with Gasteiger partial charge in [0, 0.05) is 6.04 Å². The van der Waals surface area contributed by atoms with Crippen molar-refractivity contribution in [2.75, 3.05) is 6.61 Å². The van der Waals surface area contributed by atoms with Crippen LogP contribution in [-0.2, 0) is 0 Å². The molecular formula is C9H14N2O2. The van der Waals surface area contributed by atoms with Crippen molar-refractivity contribution < 1.29 is 9.52 Å². The van der Waals surface area contributed by atoms with E-state index in [0.29, 0.717) is 0 Å². The van der Waals surface area contributed by atoms with Crippen LogP contribution in [0.3, 0.4) is 0 Å². The quantitative estimate of drug-likeness (QED) is 0.712. The summed E-state index contributed by atoms with van der Waals surface area (Å²) in [5.41, 5.74) is 0. The number of piperidine rings is 1. The molecule has 1 aromatic rings. The molecule has 2 rings (SSSR count). The fourth-order valence-corrected chi connectivity index (χ4v) is 1.76. The summed E-state index contributed by atoms with van der Waals surface area (Å²) >= 11 is 0. The lowest BCUT2D eigenvalue weighted by molar-refractivity contribution is 0.188. The first-order valence-electron chi connectivity index (χ1n) is 4.66. The van der Waals surface area contributed by atoms with Crippen LogP contribution in [0.4, 0.5) is 0 Å². The van der Waals surface area contributed by atoms with Gasteiger partial charge < -0.3 is 14.8 Å². The van der Waals surface area contributed by atoms with Gasteiger partial charge in [0.2, 0.25) is 5.89 Å². The van der Waals surface area contributed by atoms with Gasteiger partial charge in [-0.15, -0.1) is 0 Å². The van der Waals surface area contributed by atoms with Gasteiger partial charge >= 0.3 is 0 Å². The normalized spacial score (nSPS) is 29.0. The Morgan fingerprint density at radius 2 is 2.54 bits per heavy atom. The third-order valence-corrected chi connectivity index (χ3v) is 2.45. The second kappa shape index (κ2) is 3.89. The Balaban J connectivity index is 2.00. The number of hydrogen-bond acceptors (Lipinski definition) is 4. The van der Waals surface area contributed by atoms with E-state index in [9.17, 15) is 0 Å². The van der Waals surface area contributed by atoms with Gasteiger partial charge in [0.05, 0.1) is 18.8 Å². The summed E-state index contributed by atoms with van der Waals surface area (Å²) in [7, 11) is 0. The molecule has 4 nitrogen and oxygen atoms in total. The molecule has 0 aliphatic carbocycles. The number of aliphatic hydroxyl groups is 1. The molecule has 0 aromatic carbocycles. The summed E-state index contributed by atoms with van der Waals surface area (Å²) in [4.78, 5) is 4.10. The smallest absolute Gasteiger partial charge is 0.211 e. The fraction of sp³-hybridized carbons (Fsp3) is 0.667. The number of aromatic nitrogens is 1. The van der Waals surface area contributed by atoms with Crippen LogP contribution in [0.15, 0.2) is 16.9 Å². The third-order valence-electron chi connectivity index (χ3n) is 2.45. The van der Waals surface area contributed by atoms with Crippen molar-refractivity contribution >= 4 is 0 Å². The van der Waals surface area contributed by atoms with Crippen LogP contribution in [0.2, 0.25) is 0 Å². The lowest BCUT2D eigenvalue weighted by Crippen LogP contribution is -2.39. The summed E-state index contributed by atoms with van der Waals surface area (Å²) in [5, 5.41) is 12.3. The molecule has 72 valence electrons. The van der Waals surface area contributed by atoms with E-state index in [4.69, 9.17) is 9.52 Å². The van der Waals surface area contributed by atoms with Gasteiger partial charge in [-0.1, -0.05) is 0 Å². The molecule has 1 saturated heterocycles. The molecule has 0 radical (unpaired) electrons. The molecule has 0 amide bonds. The van der Waals surface area contributed by atoms with E-state index in [2.05, 4.69) is 10.3 Å². The minimum absolute atomic E-state index is 0.181. The number of nitrogens with zero attached hydrogens (tertiary/aromatic N) is 1. The van der Waals surface area contributed by atoms with Crippen molar-refractivity contribution in [3.8, 4) is 0 Å². The molecule has 13 heavy (non-hydrogen) atoms. The highest BCUT2D eigenvalue weighted by Gasteiger charge is 2.24. The number of hydrogen-bond donors (Lipinski definition) is 2. The summed E-state index contributed by atoms with van der Waals surface area (Å²) in [5.74, 6) is 0.734. The standard InChI is InChI=1S/C9H14N2O2/c12-6-7-2-1-3-8(11-7)9-10-4-5-13-9/h4-5,7-8,11-12H,1-3,6H2. The van der Waals surface area contributed by atoms with Crippen LogP contribution in [0.1, 0.15) is 31.2 Å². The molecule has 4 heteroatoms. The second-order valence-electron chi connectivity index (χ2n) is 3.40. The first-order valence-corrected chi connectivity index (χ1v) is 4.66. The van der Waals surface area contributed by atoms with Crippen molar-refractivity contribution in [1.29, 1.82) is 0 Å². The van der Waals surface area contributed by atoms with Crippen LogP contribution in [0.25, 0.3) is 0 Å². The van der Waals surface area contributed by atoms with Crippen molar-refractivity contribution in [3.63, 3.8) is 0 Å². The van der Waals surface area contributed by atoms with Gasteiger partial charge in [-0.3, -0.25) is 0 Å². The maximum absolute atomic E-state index is 8.99. The maximum atomic E-state index is 8.99. The summed E-state index contributed by atoms with van der Waals surface area (Å²) < 4.78 is 5.21. The average molecular weight is 182 g/mol. The highest BCUT2D eigenvalue weighted by molar-refractivity contribution is 4.94. The third kappa shape index (κ3) is 1.89. The highest BCUT2D eigenvalue weighted by Crippen LogP contribution is 2.23. The largest absolute Gasteiger partial charge is 0.447 e. The first-order chi connectivity index (χ1) is 6.40. The van der Waals surface area contributed by atoms with Crippen molar-refractivity contribution in [2.45, 2.75) is 31.3 Å². The zero-order valence-electron chi connectivity index (χ0n) is 7.44. The van der Waals surface area contributed by atoms with Crippen molar-refractivity contribution in [3.05, 3.63) is 18.4 Å². The SMILES string of the molecule is OCC1CCCC(c2ncco2)N1. The fourth-order valence-electron chi connectivity index (χ4n) is 1.76. The Hall–Kier alpha value is -0.870. The van der Waals surface area contributed by atoms with E-state index < -0.39 is 0 Å². The molecule has 1 aromatic heterocycles. The Morgan fingerprint density at radius 1 is 1.62 bits per heavy atom. The molecular weight excluding hydrogens is 168 g/mol. The Labute approximate surface area is 77.0 Å². The zero-order valence-corrected chi connectivity index (χ0v) is 7.44. The van der Waals surface area contributed by atoms with Crippen LogP contribution < -0.4 is 5.32 Å². The van der Waals surface area contributed by atoms with Gasteiger partial charge in [0.15, 0.2) is 0 Å². The number of nitrogens with one attached hydrogen (secondary N) is 1. The van der Waals surface area contributed by atoms with E-state index in [-0.39, 0.29) is 18.7 Å². The van der Waals surface area contributed by atoms with Gasteiger partial charge in [0.1, 0.15) is 6.26 Å². The van der Waals surface area contributed by atoms with Gasteiger partial charge in [-0.25, -0.2) is 4.98 Å². The lowest BCUT2D eigenvalue weighted by Gasteiger charge is -2.27. The van der Waals surface area contributed by atoms with Crippen LogP contribution >= 0.6 is 0 Å². The predicted octanol–water partition coefficient (Wildman–Crippen LogP) is 0.850. The molecule has 2 N–H and O–H groups in total. The topological polar surface area (TPSA) is 58.3 Å². The maximum Gasteiger partial charge on any atom is 0.211 e. The minimum atomic E-state index is 0.181. The average Bonchev–Trinajstić information content (AvgIpc) is 2.71. The first kappa shape index (κ1) is 8.72. The van der Waals surface area contributed by atoms with Crippen molar-refractivity contribution in [1.82, 2.24) is 10.3 Å². The van der Waals surface area contributed by atoms with E-state index in [1.165, 1.54) is 0 Å². The molecule has 0 bridgehead atoms. The van der Waals surface area contributed by atoms with E-state index in [0.717, 1.165) is 25.2 Å². The Morgan fingerprint density at radius 3 is 3.23 bits per heavy atom. The van der Waals surface area contributed by atoms with E-state index >= 15 is 0 Å². The molecule has 0 spiro atoms. The van der Waals surface area contributed by atoms with E-state index in [1.54, 1.807) is 12.5 Å². The second-order valence-corrected chi connectivity index (χ2v) is 3.40. The van der Waals surface area contributed by atoms with Gasteiger partial charge in [-0.2, -0.15) is 0 Å². The Bertz CT molecular complexity index is 248. The summed E-state index contributed by atoms with van der Waals surface area (Å²) in [6, 6.07) is 0.381. The van der Waals surface area contributed by atoms with Crippen LogP contribution in [-0.4, -0.2) is 22.7 Å². The molecule has 2 heterocycles. The number of oxazole rings is 1. The Kier molecular flexibility index (Phi) is 2.61. The molecule has 1 aliphatic heterocycles. The minimum Gasteiger partial charge on any atom is -0.447 e. The molecule has 0 saturated carbocycles. The number of rotatable bonds is 2. The molecule has 2 atom stereocenters. The zero-order chi connectivity index (χ0) is 9.10. The molecule has 1 fully saturated rings. The van der Waals surface area contributed by atoms with E-state index in [1.807, 2.05) is 0 Å². The van der Waals surface area contributed by atoms with Gasteiger partial charge in [0.25, 0.3) is 0 Å².